The molecule has 0 aliphatic heterocycles. The number of aliphatic hydroxyl groups excluding tert-OH is 2. The predicted octanol–water partition coefficient (Wildman–Crippen LogP) is 0.942. The first-order valence-corrected chi connectivity index (χ1v) is 2.71. The van der Waals surface area contributed by atoms with Crippen LogP contribution in [0, 0.1) is 0 Å². The zero-order valence-electron chi connectivity index (χ0n) is 4.49. The molecule has 0 aromatic carbocycles. The van der Waals surface area contributed by atoms with Gasteiger partial charge in [-0.2, -0.15) is 0 Å². The van der Waals surface area contributed by atoms with Gasteiger partial charge in [-0.05, 0) is 0 Å². The molecule has 2 N–H and O–H groups in total. The number of rotatable bonds is 3. The SMILES string of the molecule is I.I.OCC(O)COI. The van der Waals surface area contributed by atoms with Gasteiger partial charge in [-0.3, -0.25) is 0 Å². The van der Waals surface area contributed by atoms with Crippen LogP contribution in [0.1, 0.15) is 0 Å². The summed E-state index contributed by atoms with van der Waals surface area (Å²) in [6.07, 6.45) is -0.725. The molecule has 1 atom stereocenters. The molecule has 1 unspecified atom stereocenters. The van der Waals surface area contributed by atoms with E-state index in [9.17, 15) is 0 Å². The lowest BCUT2D eigenvalue weighted by atomic mass is 10.4. The van der Waals surface area contributed by atoms with Crippen molar-refractivity contribution in [2.24, 2.45) is 0 Å². The van der Waals surface area contributed by atoms with Gasteiger partial charge in [0.05, 0.1) is 13.2 Å². The minimum atomic E-state index is -0.725. The molecule has 0 amide bonds. The molecule has 0 saturated carbocycles. The van der Waals surface area contributed by atoms with Crippen LogP contribution in [0.15, 0.2) is 0 Å². The molecule has 6 heteroatoms. The largest absolute Gasteiger partial charge is 0.394 e. The van der Waals surface area contributed by atoms with Gasteiger partial charge in [-0.1, -0.05) is 0 Å². The van der Waals surface area contributed by atoms with Crippen LogP contribution in [-0.4, -0.2) is 29.5 Å². The molecule has 0 saturated heterocycles. The van der Waals surface area contributed by atoms with E-state index in [1.165, 1.54) is 0 Å². The standard InChI is InChI=1S/C3H7IO3.2HI/c4-7-2-3(6)1-5;;/h3,5-6H,1-2H2;2*1H. The van der Waals surface area contributed by atoms with Crippen molar-refractivity contribution in [3.05, 3.63) is 0 Å². The highest BCUT2D eigenvalue weighted by atomic mass is 127. The molecular formula is C3H9I3O3. The van der Waals surface area contributed by atoms with E-state index < -0.39 is 6.10 Å². The summed E-state index contributed by atoms with van der Waals surface area (Å²) in [7, 11) is 0. The fraction of sp³-hybridized carbons (Fsp3) is 1.00. The van der Waals surface area contributed by atoms with E-state index in [0.717, 1.165) is 0 Å². The second-order valence-corrected chi connectivity index (χ2v) is 1.73. The van der Waals surface area contributed by atoms with E-state index in [2.05, 4.69) is 3.07 Å². The third-order valence-corrected chi connectivity index (χ3v) is 0.826. The first kappa shape index (κ1) is 17.2. The first-order valence-electron chi connectivity index (χ1n) is 1.83. The van der Waals surface area contributed by atoms with Crippen LogP contribution in [0.2, 0.25) is 0 Å². The van der Waals surface area contributed by atoms with E-state index in [4.69, 9.17) is 10.2 Å². The zero-order chi connectivity index (χ0) is 5.70. The van der Waals surface area contributed by atoms with Gasteiger partial charge in [-0.15, -0.1) is 48.0 Å². The van der Waals surface area contributed by atoms with Crippen molar-refractivity contribution in [1.29, 1.82) is 0 Å². The maximum absolute atomic E-state index is 8.48. The van der Waals surface area contributed by atoms with Crippen LogP contribution in [-0.2, 0) is 3.07 Å². The van der Waals surface area contributed by atoms with Gasteiger partial charge in [0, 0.05) is 0 Å². The highest BCUT2D eigenvalue weighted by Gasteiger charge is 1.97. The Kier molecular flexibility index (Phi) is 24.4. The Morgan fingerprint density at radius 3 is 2.00 bits per heavy atom. The summed E-state index contributed by atoms with van der Waals surface area (Å²) in [5, 5.41) is 16.6. The van der Waals surface area contributed by atoms with Crippen LogP contribution in [0.4, 0.5) is 0 Å². The van der Waals surface area contributed by atoms with Gasteiger partial charge in [-0.25, -0.2) is 0 Å². The second kappa shape index (κ2) is 12.7. The van der Waals surface area contributed by atoms with E-state index in [1.54, 1.807) is 23.0 Å². The fourth-order valence-electron chi connectivity index (χ4n) is 0.125. The van der Waals surface area contributed by atoms with Crippen molar-refractivity contribution in [1.82, 2.24) is 0 Å². The van der Waals surface area contributed by atoms with Crippen molar-refractivity contribution in [2.45, 2.75) is 6.10 Å². The average Bonchev–Trinajstić information content (AvgIpc) is 1.68. The quantitative estimate of drug-likeness (QED) is 0.600. The van der Waals surface area contributed by atoms with Crippen LogP contribution < -0.4 is 0 Å². The van der Waals surface area contributed by atoms with Crippen LogP contribution >= 0.6 is 71.0 Å². The molecule has 0 fully saturated rings. The topological polar surface area (TPSA) is 49.7 Å². The highest BCUT2D eigenvalue weighted by molar-refractivity contribution is 14.1. The molecule has 0 aromatic rings. The van der Waals surface area contributed by atoms with Crippen molar-refractivity contribution >= 4 is 71.0 Å². The molecule has 0 aliphatic rings. The van der Waals surface area contributed by atoms with Crippen LogP contribution in [0.25, 0.3) is 0 Å². The Labute approximate surface area is 102 Å². The number of hydrogen-bond acceptors (Lipinski definition) is 3. The lowest BCUT2D eigenvalue weighted by molar-refractivity contribution is 0.0667. The van der Waals surface area contributed by atoms with Crippen molar-refractivity contribution < 1.29 is 13.3 Å². The Bertz CT molecular complexity index is 45.3. The van der Waals surface area contributed by atoms with Gasteiger partial charge in [0.15, 0.2) is 0 Å². The van der Waals surface area contributed by atoms with Crippen molar-refractivity contribution in [2.75, 3.05) is 13.2 Å². The summed E-state index contributed by atoms with van der Waals surface area (Å²) in [5.74, 6) is 0. The summed E-state index contributed by atoms with van der Waals surface area (Å²) in [5.41, 5.74) is 0. The summed E-state index contributed by atoms with van der Waals surface area (Å²) in [6.45, 7) is -0.0416. The minimum Gasteiger partial charge on any atom is -0.394 e. The summed E-state index contributed by atoms with van der Waals surface area (Å²) in [4.78, 5) is 0. The molecule has 0 spiro atoms. The van der Waals surface area contributed by atoms with Gasteiger partial charge in [0.25, 0.3) is 0 Å². The summed E-state index contributed by atoms with van der Waals surface area (Å²) < 4.78 is 4.45. The third kappa shape index (κ3) is 13.1. The van der Waals surface area contributed by atoms with E-state index in [1.807, 2.05) is 0 Å². The molecule has 9 heavy (non-hydrogen) atoms. The number of hydrogen-bond donors (Lipinski definition) is 2. The summed E-state index contributed by atoms with van der Waals surface area (Å²) in [6, 6.07) is 0. The Morgan fingerprint density at radius 1 is 1.44 bits per heavy atom. The molecule has 60 valence electrons. The first-order chi connectivity index (χ1) is 3.31. The monoisotopic (exact) mass is 474 g/mol. The van der Waals surface area contributed by atoms with Gasteiger partial charge in [0.1, 0.15) is 29.1 Å². The normalized spacial score (nSPS) is 11.0. The molecule has 0 heterocycles. The Hall–Kier alpha value is 2.07. The van der Waals surface area contributed by atoms with Crippen LogP contribution in [0.3, 0.4) is 0 Å². The fourth-order valence-corrected chi connectivity index (χ4v) is 0.540. The average molecular weight is 474 g/mol. The van der Waals surface area contributed by atoms with Crippen molar-refractivity contribution in [3.8, 4) is 0 Å². The van der Waals surface area contributed by atoms with E-state index in [0.29, 0.717) is 0 Å². The molecular weight excluding hydrogens is 465 g/mol. The lowest BCUT2D eigenvalue weighted by Crippen LogP contribution is -2.16. The van der Waals surface area contributed by atoms with E-state index in [-0.39, 0.29) is 61.2 Å². The maximum Gasteiger partial charge on any atom is 0.109 e. The summed E-state index contributed by atoms with van der Waals surface area (Å²) >= 11 is 1.65. The minimum absolute atomic E-state index is 0. The molecule has 0 radical (unpaired) electrons. The molecule has 3 nitrogen and oxygen atoms in total. The number of aliphatic hydroxyl groups is 2. The lowest BCUT2D eigenvalue weighted by Gasteiger charge is -2.00. The molecule has 0 bridgehead atoms. The van der Waals surface area contributed by atoms with Gasteiger partial charge in [0.2, 0.25) is 0 Å². The second-order valence-electron chi connectivity index (χ2n) is 1.11. The van der Waals surface area contributed by atoms with E-state index >= 15 is 0 Å². The van der Waals surface area contributed by atoms with Gasteiger partial charge >= 0.3 is 0 Å². The number of halogens is 3. The zero-order valence-corrected chi connectivity index (χ0v) is 11.3. The molecule has 0 aliphatic carbocycles. The Morgan fingerprint density at radius 2 is 1.89 bits per heavy atom. The smallest absolute Gasteiger partial charge is 0.109 e. The Balaban J connectivity index is -0.000000180. The molecule has 0 aromatic heterocycles. The molecule has 0 rings (SSSR count). The maximum atomic E-state index is 8.48. The van der Waals surface area contributed by atoms with Crippen LogP contribution in [0.5, 0.6) is 0 Å². The predicted molar refractivity (Wildman–Crippen MR) is 63.9 cm³/mol. The third-order valence-electron chi connectivity index (χ3n) is 0.466. The highest BCUT2D eigenvalue weighted by Crippen LogP contribution is 1.88. The van der Waals surface area contributed by atoms with Gasteiger partial charge < -0.3 is 13.3 Å². The van der Waals surface area contributed by atoms with Crippen molar-refractivity contribution in [3.63, 3.8) is 0 Å².